The van der Waals surface area contributed by atoms with Crippen molar-refractivity contribution >= 4 is 0 Å². The van der Waals surface area contributed by atoms with E-state index in [0.717, 1.165) is 36.7 Å². The van der Waals surface area contributed by atoms with Crippen LogP contribution in [0.2, 0.25) is 0 Å². The molecule has 0 spiro atoms. The lowest BCUT2D eigenvalue weighted by Crippen LogP contribution is -2.18. The summed E-state index contributed by atoms with van der Waals surface area (Å²) in [5, 5.41) is 0. The molecule has 5 heteroatoms. The molecule has 0 radical (unpaired) electrons. The van der Waals surface area contributed by atoms with Gasteiger partial charge in [-0.2, -0.15) is 0 Å². The maximum atomic E-state index is 12.0. The van der Waals surface area contributed by atoms with Gasteiger partial charge >= 0.3 is 6.36 Å². The molecule has 0 aromatic carbocycles. The largest absolute Gasteiger partial charge is 0.573 e. The van der Waals surface area contributed by atoms with Crippen LogP contribution in [0.4, 0.5) is 13.2 Å². The van der Waals surface area contributed by atoms with E-state index in [1.807, 2.05) is 6.92 Å². The fraction of sp³-hybridized carbons (Fsp3) is 0.545. The smallest absolute Gasteiger partial charge is 0.404 e. The van der Waals surface area contributed by atoms with E-state index in [4.69, 9.17) is 0 Å². The van der Waals surface area contributed by atoms with Crippen LogP contribution >= 0.6 is 0 Å². The predicted molar refractivity (Wildman–Crippen MR) is 52.3 cm³/mol. The monoisotopic (exact) mass is 231 g/mol. The van der Waals surface area contributed by atoms with Crippen molar-refractivity contribution in [3.8, 4) is 5.75 Å². The molecule has 1 aliphatic carbocycles. The van der Waals surface area contributed by atoms with E-state index in [1.54, 1.807) is 0 Å². The third-order valence-corrected chi connectivity index (χ3v) is 2.76. The molecular formula is C11H12F3NO. The van der Waals surface area contributed by atoms with Crippen LogP contribution in [-0.2, 0) is 6.42 Å². The summed E-state index contributed by atoms with van der Waals surface area (Å²) in [6, 6.07) is 1.45. The summed E-state index contributed by atoms with van der Waals surface area (Å²) in [7, 11) is 0. The lowest BCUT2D eigenvalue weighted by atomic mass is 9.88. The van der Waals surface area contributed by atoms with Crippen molar-refractivity contribution in [1.29, 1.82) is 0 Å². The van der Waals surface area contributed by atoms with Gasteiger partial charge in [-0.15, -0.1) is 13.2 Å². The second-order valence-electron chi connectivity index (χ2n) is 4.06. The fourth-order valence-electron chi connectivity index (χ4n) is 2.07. The minimum Gasteiger partial charge on any atom is -0.404 e. The van der Waals surface area contributed by atoms with Gasteiger partial charge in [0.2, 0.25) is 0 Å². The minimum atomic E-state index is -4.64. The first-order valence-corrected chi connectivity index (χ1v) is 5.20. The zero-order valence-corrected chi connectivity index (χ0v) is 8.84. The molecule has 0 saturated carbocycles. The van der Waals surface area contributed by atoms with Gasteiger partial charge in [0, 0.05) is 5.69 Å². The van der Waals surface area contributed by atoms with Crippen LogP contribution in [0.5, 0.6) is 5.75 Å². The van der Waals surface area contributed by atoms with Crippen LogP contribution in [0.15, 0.2) is 12.3 Å². The third kappa shape index (κ3) is 2.46. The highest BCUT2D eigenvalue weighted by Gasteiger charge is 2.31. The number of rotatable bonds is 1. The SMILES string of the molecule is CC1CCCc2cc(OC(F)(F)F)cnc21. The first-order chi connectivity index (χ1) is 7.46. The highest BCUT2D eigenvalue weighted by molar-refractivity contribution is 5.33. The van der Waals surface area contributed by atoms with Crippen LogP contribution < -0.4 is 4.74 Å². The lowest BCUT2D eigenvalue weighted by molar-refractivity contribution is -0.274. The highest BCUT2D eigenvalue weighted by atomic mass is 19.4. The Bertz CT molecular complexity index is 389. The molecule has 0 aliphatic heterocycles. The summed E-state index contributed by atoms with van der Waals surface area (Å²) in [5.74, 6) is 0.101. The van der Waals surface area contributed by atoms with Gasteiger partial charge < -0.3 is 4.74 Å². The van der Waals surface area contributed by atoms with E-state index in [1.165, 1.54) is 6.07 Å². The fourth-order valence-corrected chi connectivity index (χ4v) is 2.07. The van der Waals surface area contributed by atoms with E-state index in [2.05, 4.69) is 9.72 Å². The molecule has 1 aliphatic rings. The summed E-state index contributed by atoms with van der Waals surface area (Å²) in [6.45, 7) is 2.04. The van der Waals surface area contributed by atoms with Crippen molar-refractivity contribution in [2.24, 2.45) is 0 Å². The number of aromatic nitrogens is 1. The third-order valence-electron chi connectivity index (χ3n) is 2.76. The van der Waals surface area contributed by atoms with Gasteiger partial charge in [-0.1, -0.05) is 6.92 Å². The molecular weight excluding hydrogens is 219 g/mol. The van der Waals surface area contributed by atoms with Crippen molar-refractivity contribution in [3.05, 3.63) is 23.5 Å². The number of hydrogen-bond acceptors (Lipinski definition) is 2. The second-order valence-corrected chi connectivity index (χ2v) is 4.06. The maximum Gasteiger partial charge on any atom is 0.573 e. The Kier molecular flexibility index (Phi) is 2.78. The molecule has 1 atom stereocenters. The lowest BCUT2D eigenvalue weighted by Gasteiger charge is -2.21. The van der Waals surface area contributed by atoms with Crippen LogP contribution in [-0.4, -0.2) is 11.3 Å². The first-order valence-electron chi connectivity index (χ1n) is 5.20. The Morgan fingerprint density at radius 2 is 2.19 bits per heavy atom. The molecule has 1 heterocycles. The predicted octanol–water partition coefficient (Wildman–Crippen LogP) is 3.42. The van der Waals surface area contributed by atoms with Gasteiger partial charge in [0.25, 0.3) is 0 Å². The van der Waals surface area contributed by atoms with Gasteiger partial charge in [-0.25, -0.2) is 0 Å². The van der Waals surface area contributed by atoms with Gasteiger partial charge in [-0.3, -0.25) is 4.98 Å². The molecule has 0 bridgehead atoms. The summed E-state index contributed by atoms with van der Waals surface area (Å²) in [4.78, 5) is 4.06. The Balaban J connectivity index is 2.25. The van der Waals surface area contributed by atoms with Crippen LogP contribution in [0, 0.1) is 0 Å². The van der Waals surface area contributed by atoms with Crippen LogP contribution in [0.1, 0.15) is 36.9 Å². The number of aryl methyl sites for hydroxylation is 1. The Labute approximate surface area is 91.4 Å². The van der Waals surface area contributed by atoms with Gasteiger partial charge in [0.05, 0.1) is 6.20 Å². The van der Waals surface area contributed by atoms with Crippen LogP contribution in [0.25, 0.3) is 0 Å². The molecule has 1 unspecified atom stereocenters. The quantitative estimate of drug-likeness (QED) is 0.738. The molecule has 2 rings (SSSR count). The topological polar surface area (TPSA) is 22.1 Å². The molecule has 88 valence electrons. The molecule has 16 heavy (non-hydrogen) atoms. The van der Waals surface area contributed by atoms with E-state index >= 15 is 0 Å². The molecule has 0 amide bonds. The average molecular weight is 231 g/mol. The van der Waals surface area contributed by atoms with E-state index in [9.17, 15) is 13.2 Å². The van der Waals surface area contributed by atoms with Crippen molar-refractivity contribution < 1.29 is 17.9 Å². The Hall–Kier alpha value is -1.26. The summed E-state index contributed by atoms with van der Waals surface area (Å²) in [6.07, 6.45) is -0.684. The van der Waals surface area contributed by atoms with Crippen molar-refractivity contribution in [2.75, 3.05) is 0 Å². The maximum absolute atomic E-state index is 12.0. The van der Waals surface area contributed by atoms with Crippen LogP contribution in [0.3, 0.4) is 0 Å². The molecule has 0 fully saturated rings. The molecule has 2 nitrogen and oxygen atoms in total. The number of nitrogens with zero attached hydrogens (tertiary/aromatic N) is 1. The number of ether oxygens (including phenoxy) is 1. The zero-order chi connectivity index (χ0) is 11.8. The average Bonchev–Trinajstić information content (AvgIpc) is 2.15. The van der Waals surface area contributed by atoms with Crippen molar-refractivity contribution in [1.82, 2.24) is 4.98 Å². The van der Waals surface area contributed by atoms with Gasteiger partial charge in [-0.05, 0) is 36.8 Å². The minimum absolute atomic E-state index is 0.222. The Morgan fingerprint density at radius 3 is 2.88 bits per heavy atom. The highest BCUT2D eigenvalue weighted by Crippen LogP contribution is 2.32. The van der Waals surface area contributed by atoms with E-state index in [-0.39, 0.29) is 5.75 Å². The molecule has 1 aromatic rings. The second kappa shape index (κ2) is 3.96. The summed E-state index contributed by atoms with van der Waals surface area (Å²) >= 11 is 0. The molecule has 0 N–H and O–H groups in total. The summed E-state index contributed by atoms with van der Waals surface area (Å²) < 4.78 is 39.8. The number of halogens is 3. The normalized spacial score (nSPS) is 20.4. The number of alkyl halides is 3. The van der Waals surface area contributed by atoms with E-state index < -0.39 is 6.36 Å². The molecule has 1 aromatic heterocycles. The number of pyridine rings is 1. The first kappa shape index (κ1) is 11.2. The zero-order valence-electron chi connectivity index (χ0n) is 8.84. The van der Waals surface area contributed by atoms with Gasteiger partial charge in [0.1, 0.15) is 5.75 Å². The van der Waals surface area contributed by atoms with Gasteiger partial charge in [0.15, 0.2) is 0 Å². The molecule has 0 saturated heterocycles. The van der Waals surface area contributed by atoms with E-state index in [0.29, 0.717) is 5.92 Å². The Morgan fingerprint density at radius 1 is 1.44 bits per heavy atom. The number of hydrogen-bond donors (Lipinski definition) is 0. The van der Waals surface area contributed by atoms with Crippen molar-refractivity contribution in [3.63, 3.8) is 0 Å². The standard InChI is InChI=1S/C11H12F3NO/c1-7-3-2-4-8-5-9(6-15-10(7)8)16-11(12,13)14/h5-7H,2-4H2,1H3. The summed E-state index contributed by atoms with van der Waals surface area (Å²) in [5.41, 5.74) is 1.78. The van der Waals surface area contributed by atoms with Crippen molar-refractivity contribution in [2.45, 2.75) is 38.5 Å². The number of fused-ring (bicyclic) bond motifs is 1.